The van der Waals surface area contributed by atoms with Crippen LogP contribution in [0.5, 0.6) is 0 Å². The van der Waals surface area contributed by atoms with Crippen molar-refractivity contribution in [2.45, 2.75) is 26.2 Å². The van der Waals surface area contributed by atoms with Gasteiger partial charge in [-0.3, -0.25) is 4.79 Å². The van der Waals surface area contributed by atoms with E-state index < -0.39 is 0 Å². The molecule has 0 aromatic heterocycles. The highest BCUT2D eigenvalue weighted by molar-refractivity contribution is 5.97. The van der Waals surface area contributed by atoms with Crippen molar-refractivity contribution in [3.8, 4) is 0 Å². The molecule has 1 fully saturated rings. The van der Waals surface area contributed by atoms with E-state index in [1.807, 2.05) is 24.1 Å². The predicted octanol–water partition coefficient (Wildman–Crippen LogP) is 2.77. The quantitative estimate of drug-likeness (QED) is 0.904. The normalized spacial score (nSPS) is 24.3. The minimum atomic E-state index is 0.180. The number of hydrogen-bond acceptors (Lipinski definition) is 2. The summed E-state index contributed by atoms with van der Waals surface area (Å²) in [7, 11) is 1.93. The molecule has 2 unspecified atom stereocenters. The second-order valence-electron chi connectivity index (χ2n) is 6.02. The molecule has 1 saturated carbocycles. The molecule has 1 aromatic rings. The lowest BCUT2D eigenvalue weighted by molar-refractivity contribution is 0.0786. The first-order valence-electron chi connectivity index (χ1n) is 7.28. The van der Waals surface area contributed by atoms with Gasteiger partial charge in [-0.15, -0.1) is 0 Å². The number of nitrogens with zero attached hydrogens (tertiary/aromatic N) is 1. The van der Waals surface area contributed by atoms with E-state index in [2.05, 4.69) is 18.3 Å². The van der Waals surface area contributed by atoms with Gasteiger partial charge in [0.2, 0.25) is 0 Å². The lowest BCUT2D eigenvalue weighted by Crippen LogP contribution is -2.30. The van der Waals surface area contributed by atoms with E-state index in [1.165, 1.54) is 12.0 Å². The van der Waals surface area contributed by atoms with Crippen molar-refractivity contribution in [2.75, 3.05) is 25.5 Å². The molecule has 1 heterocycles. The third kappa shape index (κ3) is 2.46. The third-order valence-corrected chi connectivity index (χ3v) is 4.46. The van der Waals surface area contributed by atoms with Crippen molar-refractivity contribution in [1.82, 2.24) is 4.90 Å². The molecule has 3 heteroatoms. The van der Waals surface area contributed by atoms with E-state index in [9.17, 15) is 4.79 Å². The molecule has 1 aliphatic heterocycles. The fourth-order valence-corrected chi connectivity index (χ4v) is 3.00. The van der Waals surface area contributed by atoms with E-state index in [-0.39, 0.29) is 5.91 Å². The maximum Gasteiger partial charge on any atom is 0.253 e. The van der Waals surface area contributed by atoms with Crippen LogP contribution in [-0.4, -0.2) is 30.9 Å². The molecule has 3 nitrogen and oxygen atoms in total. The van der Waals surface area contributed by atoms with Gasteiger partial charge in [0.25, 0.3) is 5.91 Å². The van der Waals surface area contributed by atoms with Crippen LogP contribution in [0.4, 0.5) is 5.69 Å². The summed E-state index contributed by atoms with van der Waals surface area (Å²) in [6, 6.07) is 6.03. The maximum atomic E-state index is 12.6. The third-order valence-electron chi connectivity index (χ3n) is 4.46. The molecule has 102 valence electrons. The Morgan fingerprint density at radius 2 is 2.26 bits per heavy atom. The monoisotopic (exact) mass is 258 g/mol. The van der Waals surface area contributed by atoms with Crippen molar-refractivity contribution in [2.24, 2.45) is 11.8 Å². The molecule has 3 rings (SSSR count). The van der Waals surface area contributed by atoms with Crippen LogP contribution in [0, 0.1) is 11.8 Å². The Balaban J connectivity index is 1.79. The molecule has 1 aliphatic carbocycles. The van der Waals surface area contributed by atoms with E-state index in [0.29, 0.717) is 5.92 Å². The molecule has 0 radical (unpaired) electrons. The van der Waals surface area contributed by atoms with E-state index in [0.717, 1.165) is 43.1 Å². The van der Waals surface area contributed by atoms with Gasteiger partial charge >= 0.3 is 0 Å². The van der Waals surface area contributed by atoms with Crippen LogP contribution in [-0.2, 0) is 6.42 Å². The molecule has 19 heavy (non-hydrogen) atoms. The first kappa shape index (κ1) is 12.5. The fraction of sp³-hybridized carbons (Fsp3) is 0.562. The molecule has 0 saturated heterocycles. The van der Waals surface area contributed by atoms with Crippen LogP contribution in [0.1, 0.15) is 35.7 Å². The Kier molecular flexibility index (Phi) is 3.21. The fourth-order valence-electron chi connectivity index (χ4n) is 3.00. The van der Waals surface area contributed by atoms with Gasteiger partial charge in [-0.1, -0.05) is 13.0 Å². The van der Waals surface area contributed by atoms with E-state index >= 15 is 0 Å². The zero-order chi connectivity index (χ0) is 13.4. The van der Waals surface area contributed by atoms with Crippen molar-refractivity contribution < 1.29 is 4.79 Å². The SMILES string of the molecule is CC1CC1CN(C)C(=O)c1cccc2c1CCCN2. The summed E-state index contributed by atoms with van der Waals surface area (Å²) in [6.45, 7) is 4.18. The number of hydrogen-bond donors (Lipinski definition) is 1. The largest absolute Gasteiger partial charge is 0.385 e. The summed E-state index contributed by atoms with van der Waals surface area (Å²) >= 11 is 0. The zero-order valence-corrected chi connectivity index (χ0v) is 11.8. The first-order valence-corrected chi connectivity index (χ1v) is 7.28. The number of rotatable bonds is 3. The average Bonchev–Trinajstić information content (AvgIpc) is 3.12. The standard InChI is InChI=1S/C16H22N2O/c1-11-9-12(11)10-18(2)16(19)14-5-3-7-15-13(14)6-4-8-17-15/h3,5,7,11-12,17H,4,6,8-10H2,1-2H3. The lowest BCUT2D eigenvalue weighted by Gasteiger charge is -2.23. The highest BCUT2D eigenvalue weighted by Gasteiger charge is 2.34. The number of benzene rings is 1. The summed E-state index contributed by atoms with van der Waals surface area (Å²) in [4.78, 5) is 14.5. The van der Waals surface area contributed by atoms with Crippen LogP contribution >= 0.6 is 0 Å². The number of amides is 1. The van der Waals surface area contributed by atoms with Crippen LogP contribution < -0.4 is 5.32 Å². The number of carbonyl (C=O) groups excluding carboxylic acids is 1. The molecule has 1 aromatic carbocycles. The van der Waals surface area contributed by atoms with Gasteiger partial charge in [0, 0.05) is 31.4 Å². The first-order chi connectivity index (χ1) is 9.16. The number of anilines is 1. The molecular formula is C16H22N2O. The summed E-state index contributed by atoms with van der Waals surface area (Å²) in [5.74, 6) is 1.69. The van der Waals surface area contributed by atoms with Crippen LogP contribution in [0.15, 0.2) is 18.2 Å². The van der Waals surface area contributed by atoms with E-state index in [1.54, 1.807) is 0 Å². The smallest absolute Gasteiger partial charge is 0.253 e. The molecule has 0 spiro atoms. The van der Waals surface area contributed by atoms with Gasteiger partial charge in [-0.2, -0.15) is 0 Å². The topological polar surface area (TPSA) is 32.3 Å². The average molecular weight is 258 g/mol. The predicted molar refractivity (Wildman–Crippen MR) is 77.5 cm³/mol. The van der Waals surface area contributed by atoms with E-state index in [4.69, 9.17) is 0 Å². The minimum absolute atomic E-state index is 0.180. The van der Waals surface area contributed by atoms with Gasteiger partial charge in [-0.05, 0) is 48.8 Å². The highest BCUT2D eigenvalue weighted by Crippen LogP contribution is 2.38. The summed E-state index contributed by atoms with van der Waals surface area (Å²) in [5.41, 5.74) is 3.24. The molecule has 1 amide bonds. The maximum absolute atomic E-state index is 12.6. The van der Waals surface area contributed by atoms with Gasteiger partial charge in [0.15, 0.2) is 0 Å². The summed E-state index contributed by atoms with van der Waals surface area (Å²) in [5, 5.41) is 3.39. The molecule has 2 aliphatic rings. The minimum Gasteiger partial charge on any atom is -0.385 e. The van der Waals surface area contributed by atoms with Crippen molar-refractivity contribution >= 4 is 11.6 Å². The van der Waals surface area contributed by atoms with Crippen molar-refractivity contribution in [3.05, 3.63) is 29.3 Å². The second kappa shape index (κ2) is 4.87. The van der Waals surface area contributed by atoms with Gasteiger partial charge in [0.1, 0.15) is 0 Å². The van der Waals surface area contributed by atoms with Crippen LogP contribution in [0.3, 0.4) is 0 Å². The Morgan fingerprint density at radius 3 is 3.00 bits per heavy atom. The van der Waals surface area contributed by atoms with Gasteiger partial charge < -0.3 is 10.2 Å². The molecular weight excluding hydrogens is 236 g/mol. The van der Waals surface area contributed by atoms with Crippen LogP contribution in [0.25, 0.3) is 0 Å². The van der Waals surface area contributed by atoms with Crippen molar-refractivity contribution in [1.29, 1.82) is 0 Å². The van der Waals surface area contributed by atoms with Gasteiger partial charge in [0.05, 0.1) is 0 Å². The Bertz CT molecular complexity index is 498. The summed E-state index contributed by atoms with van der Waals surface area (Å²) in [6.07, 6.45) is 3.39. The number of carbonyl (C=O) groups is 1. The molecule has 2 atom stereocenters. The number of fused-ring (bicyclic) bond motifs is 1. The molecule has 0 bridgehead atoms. The Labute approximate surface area is 115 Å². The molecule has 1 N–H and O–H groups in total. The van der Waals surface area contributed by atoms with Crippen LogP contribution in [0.2, 0.25) is 0 Å². The lowest BCUT2D eigenvalue weighted by atomic mass is 9.97. The number of nitrogens with one attached hydrogen (secondary N) is 1. The highest BCUT2D eigenvalue weighted by atomic mass is 16.2. The second-order valence-corrected chi connectivity index (χ2v) is 6.02. The Hall–Kier alpha value is -1.51. The van der Waals surface area contributed by atoms with Crippen molar-refractivity contribution in [3.63, 3.8) is 0 Å². The Morgan fingerprint density at radius 1 is 1.47 bits per heavy atom. The summed E-state index contributed by atoms with van der Waals surface area (Å²) < 4.78 is 0. The van der Waals surface area contributed by atoms with Gasteiger partial charge in [-0.25, -0.2) is 0 Å². The zero-order valence-electron chi connectivity index (χ0n) is 11.8.